The van der Waals surface area contributed by atoms with E-state index in [1.54, 1.807) is 0 Å². The first-order valence-electron chi connectivity index (χ1n) is 9.77. The summed E-state index contributed by atoms with van der Waals surface area (Å²) in [6.07, 6.45) is 5.18. The van der Waals surface area contributed by atoms with Gasteiger partial charge in [-0.25, -0.2) is 4.68 Å². The Labute approximate surface area is 161 Å². The van der Waals surface area contributed by atoms with Crippen LogP contribution in [-0.4, -0.2) is 39.7 Å². The third-order valence-corrected chi connectivity index (χ3v) is 5.85. The van der Waals surface area contributed by atoms with Crippen LogP contribution < -0.4 is 5.46 Å². The van der Waals surface area contributed by atoms with Gasteiger partial charge in [0.25, 0.3) is 0 Å². The second kappa shape index (κ2) is 6.72. The second-order valence-corrected chi connectivity index (χ2v) is 8.49. The van der Waals surface area contributed by atoms with Crippen molar-refractivity contribution in [1.29, 1.82) is 0 Å². The highest BCUT2D eigenvalue weighted by Crippen LogP contribution is 2.37. The molecule has 0 aliphatic carbocycles. The van der Waals surface area contributed by atoms with E-state index in [2.05, 4.69) is 32.7 Å². The molecule has 1 atom stereocenters. The van der Waals surface area contributed by atoms with Gasteiger partial charge in [0.05, 0.1) is 16.9 Å². The average Bonchev–Trinajstić information content (AvgIpc) is 3.15. The molecule has 0 spiro atoms. The second-order valence-electron chi connectivity index (χ2n) is 8.49. The minimum Gasteiger partial charge on any atom is -0.399 e. The molecule has 1 unspecified atom stereocenters. The number of hydrogen-bond donors (Lipinski definition) is 0. The van der Waals surface area contributed by atoms with Gasteiger partial charge in [0.1, 0.15) is 11.9 Å². The fourth-order valence-corrected chi connectivity index (χ4v) is 3.50. The maximum atomic E-state index is 6.30. The van der Waals surface area contributed by atoms with E-state index < -0.39 is 18.3 Å². The van der Waals surface area contributed by atoms with E-state index in [-0.39, 0.29) is 6.23 Å². The Hall–Kier alpha value is -1.70. The molecule has 2 aliphatic heterocycles. The lowest BCUT2D eigenvalue weighted by atomic mass is 9.78. The Morgan fingerprint density at radius 2 is 1.85 bits per heavy atom. The first kappa shape index (κ1) is 18.7. The van der Waals surface area contributed by atoms with Gasteiger partial charge in [-0.3, -0.25) is 4.98 Å². The van der Waals surface area contributed by atoms with Crippen molar-refractivity contribution in [1.82, 2.24) is 14.8 Å². The van der Waals surface area contributed by atoms with Gasteiger partial charge in [0.15, 0.2) is 0 Å². The summed E-state index contributed by atoms with van der Waals surface area (Å²) in [5, 5.41) is 4.85. The van der Waals surface area contributed by atoms with Crippen molar-refractivity contribution in [2.45, 2.75) is 71.3 Å². The maximum Gasteiger partial charge on any atom is 0.498 e. The highest BCUT2D eigenvalue weighted by Gasteiger charge is 2.53. The van der Waals surface area contributed by atoms with Crippen LogP contribution in [0.25, 0.3) is 11.4 Å². The van der Waals surface area contributed by atoms with Crippen molar-refractivity contribution in [2.75, 3.05) is 6.61 Å². The monoisotopic (exact) mass is 369 g/mol. The van der Waals surface area contributed by atoms with E-state index in [1.165, 1.54) is 0 Å². The van der Waals surface area contributed by atoms with Crippen LogP contribution in [-0.2, 0) is 14.0 Å². The molecule has 7 heteroatoms. The molecule has 4 rings (SSSR count). The summed E-state index contributed by atoms with van der Waals surface area (Å²) in [6.45, 7) is 11.0. The van der Waals surface area contributed by atoms with Crippen molar-refractivity contribution in [3.05, 3.63) is 30.1 Å². The molecule has 0 amide bonds. The first-order valence-corrected chi connectivity index (χ1v) is 9.77. The lowest BCUT2D eigenvalue weighted by molar-refractivity contribution is -0.0393. The van der Waals surface area contributed by atoms with Crippen LogP contribution in [0.1, 0.15) is 58.9 Å². The van der Waals surface area contributed by atoms with Crippen LogP contribution in [0.5, 0.6) is 0 Å². The van der Waals surface area contributed by atoms with E-state index >= 15 is 0 Å². The SMILES string of the molecule is Cc1cccc(-c2nn(C3CCCCO3)cc2B2OC(C)(C)C(C)(C)O2)n1. The van der Waals surface area contributed by atoms with Crippen molar-refractivity contribution in [2.24, 2.45) is 0 Å². The van der Waals surface area contributed by atoms with Gasteiger partial charge in [0, 0.05) is 24.0 Å². The fourth-order valence-electron chi connectivity index (χ4n) is 3.50. The number of aromatic nitrogens is 3. The van der Waals surface area contributed by atoms with E-state index in [1.807, 2.05) is 36.0 Å². The summed E-state index contributed by atoms with van der Waals surface area (Å²) >= 11 is 0. The predicted octanol–water partition coefficient (Wildman–Crippen LogP) is 3.25. The Bertz CT molecular complexity index is 812. The van der Waals surface area contributed by atoms with Crippen molar-refractivity contribution >= 4 is 12.6 Å². The molecule has 0 N–H and O–H groups in total. The van der Waals surface area contributed by atoms with Crippen LogP contribution in [0.15, 0.2) is 24.4 Å². The lowest BCUT2D eigenvalue weighted by Gasteiger charge is -2.32. The largest absolute Gasteiger partial charge is 0.498 e. The zero-order valence-corrected chi connectivity index (χ0v) is 16.9. The summed E-state index contributed by atoms with van der Waals surface area (Å²) in [5.74, 6) is 0. The number of nitrogens with zero attached hydrogens (tertiary/aromatic N) is 3. The van der Waals surface area contributed by atoms with E-state index in [0.29, 0.717) is 0 Å². The van der Waals surface area contributed by atoms with Crippen LogP contribution in [0, 0.1) is 6.92 Å². The van der Waals surface area contributed by atoms with Gasteiger partial charge in [-0.2, -0.15) is 5.10 Å². The van der Waals surface area contributed by atoms with Gasteiger partial charge in [0.2, 0.25) is 0 Å². The Balaban J connectivity index is 1.76. The Morgan fingerprint density at radius 3 is 2.48 bits per heavy atom. The Morgan fingerprint density at radius 1 is 1.11 bits per heavy atom. The molecule has 2 aromatic rings. The molecule has 6 nitrogen and oxygen atoms in total. The molecule has 2 aromatic heterocycles. The van der Waals surface area contributed by atoms with Crippen LogP contribution in [0.2, 0.25) is 0 Å². The summed E-state index contributed by atoms with van der Waals surface area (Å²) < 4.78 is 20.4. The standard InChI is InChI=1S/C20H28BN3O3/c1-14-9-8-10-16(22-14)18-15(21-26-19(2,3)20(4,5)27-21)13-24(23-18)17-11-6-7-12-25-17/h8-10,13,17H,6-7,11-12H2,1-5H3. The highest BCUT2D eigenvalue weighted by atomic mass is 16.7. The van der Waals surface area contributed by atoms with Gasteiger partial charge in [-0.15, -0.1) is 0 Å². The molecule has 27 heavy (non-hydrogen) atoms. The number of ether oxygens (including phenoxy) is 1. The molecular weight excluding hydrogens is 341 g/mol. The number of hydrogen-bond acceptors (Lipinski definition) is 5. The average molecular weight is 369 g/mol. The Kier molecular flexibility index (Phi) is 4.65. The molecule has 144 valence electrons. The third kappa shape index (κ3) is 3.44. The van der Waals surface area contributed by atoms with Crippen LogP contribution >= 0.6 is 0 Å². The molecule has 0 bridgehead atoms. The quantitative estimate of drug-likeness (QED) is 0.778. The van der Waals surface area contributed by atoms with Crippen molar-refractivity contribution in [3.63, 3.8) is 0 Å². The van der Waals surface area contributed by atoms with E-state index in [9.17, 15) is 0 Å². The third-order valence-electron chi connectivity index (χ3n) is 5.85. The molecular formula is C20H28BN3O3. The van der Waals surface area contributed by atoms with E-state index in [0.717, 1.165) is 48.4 Å². The smallest absolute Gasteiger partial charge is 0.399 e. The molecule has 2 aliphatic rings. The number of aryl methyl sites for hydroxylation is 1. The lowest BCUT2D eigenvalue weighted by Crippen LogP contribution is -2.41. The minimum absolute atomic E-state index is 0.0431. The van der Waals surface area contributed by atoms with Gasteiger partial charge in [-0.1, -0.05) is 6.07 Å². The molecule has 4 heterocycles. The summed E-state index contributed by atoms with van der Waals surface area (Å²) in [4.78, 5) is 4.68. The fraction of sp³-hybridized carbons (Fsp3) is 0.600. The normalized spacial score (nSPS) is 24.3. The molecule has 0 saturated carbocycles. The minimum atomic E-state index is -0.482. The molecule has 0 radical (unpaired) electrons. The number of pyridine rings is 1. The molecule has 2 saturated heterocycles. The topological polar surface area (TPSA) is 58.4 Å². The van der Waals surface area contributed by atoms with Gasteiger partial charge < -0.3 is 14.0 Å². The van der Waals surface area contributed by atoms with Crippen molar-refractivity contribution < 1.29 is 14.0 Å². The van der Waals surface area contributed by atoms with Crippen molar-refractivity contribution in [3.8, 4) is 11.4 Å². The summed E-state index contributed by atoms with van der Waals surface area (Å²) in [5.41, 5.74) is 2.67. The first-order chi connectivity index (χ1) is 12.8. The number of rotatable bonds is 3. The van der Waals surface area contributed by atoms with Crippen LogP contribution in [0.3, 0.4) is 0 Å². The van der Waals surface area contributed by atoms with Gasteiger partial charge >= 0.3 is 7.12 Å². The summed E-state index contributed by atoms with van der Waals surface area (Å²) in [6, 6.07) is 5.97. The maximum absolute atomic E-state index is 6.30. The summed E-state index contributed by atoms with van der Waals surface area (Å²) in [7, 11) is -0.482. The van der Waals surface area contributed by atoms with Gasteiger partial charge in [-0.05, 0) is 66.0 Å². The van der Waals surface area contributed by atoms with E-state index in [4.69, 9.17) is 19.1 Å². The highest BCUT2D eigenvalue weighted by molar-refractivity contribution is 6.63. The molecule has 2 fully saturated rings. The zero-order valence-electron chi connectivity index (χ0n) is 16.9. The zero-order chi connectivity index (χ0) is 19.2. The van der Waals surface area contributed by atoms with Crippen LogP contribution in [0.4, 0.5) is 0 Å². The predicted molar refractivity (Wildman–Crippen MR) is 105 cm³/mol. The molecule has 0 aromatic carbocycles.